The largest absolute Gasteiger partial charge is 0.488 e. The fourth-order valence-corrected chi connectivity index (χ4v) is 3.06. The molecule has 0 radical (unpaired) electrons. The highest BCUT2D eigenvalue weighted by molar-refractivity contribution is 5.76. The first-order valence-corrected chi connectivity index (χ1v) is 11.7. The molecular weight excluding hydrogens is 392 g/mol. The molecule has 0 aliphatic heterocycles. The van der Waals surface area contributed by atoms with Crippen molar-refractivity contribution in [3.05, 3.63) is 18.2 Å². The number of carbonyl (C=O) groups is 2. The SMILES string of the molecule is CC(C)CCCCC(=O)Oc1ccc(OC(C)(C)C)cc1OC(=O)CCCCC(C)C. The van der Waals surface area contributed by atoms with E-state index >= 15 is 0 Å². The van der Waals surface area contributed by atoms with Crippen molar-refractivity contribution in [1.29, 1.82) is 0 Å². The molecule has 0 saturated carbocycles. The maximum atomic E-state index is 12.4. The van der Waals surface area contributed by atoms with Gasteiger partial charge in [-0.15, -0.1) is 0 Å². The monoisotopic (exact) mass is 434 g/mol. The topological polar surface area (TPSA) is 61.8 Å². The van der Waals surface area contributed by atoms with Crippen molar-refractivity contribution < 1.29 is 23.8 Å². The van der Waals surface area contributed by atoms with Gasteiger partial charge >= 0.3 is 11.9 Å². The Balaban J connectivity index is 2.78. The lowest BCUT2D eigenvalue weighted by Crippen LogP contribution is -2.23. The first kappa shape index (κ1) is 27.0. The van der Waals surface area contributed by atoms with E-state index in [0.29, 0.717) is 30.4 Å². The molecule has 0 aliphatic rings. The van der Waals surface area contributed by atoms with E-state index in [0.717, 1.165) is 38.5 Å². The van der Waals surface area contributed by atoms with Crippen LogP contribution in [0.1, 0.15) is 99.8 Å². The number of carbonyl (C=O) groups excluding carboxylic acids is 2. The number of unbranched alkanes of at least 4 members (excludes halogenated alkanes) is 2. The molecule has 31 heavy (non-hydrogen) atoms. The van der Waals surface area contributed by atoms with Crippen molar-refractivity contribution in [2.45, 2.75) is 105 Å². The van der Waals surface area contributed by atoms with Crippen LogP contribution in [0.5, 0.6) is 17.2 Å². The molecular formula is C26H42O5. The highest BCUT2D eigenvalue weighted by Gasteiger charge is 2.18. The van der Waals surface area contributed by atoms with Gasteiger partial charge in [-0.3, -0.25) is 9.59 Å². The molecule has 176 valence electrons. The van der Waals surface area contributed by atoms with Crippen molar-refractivity contribution in [2.75, 3.05) is 0 Å². The molecule has 1 aromatic carbocycles. The number of hydrogen-bond donors (Lipinski definition) is 0. The maximum Gasteiger partial charge on any atom is 0.311 e. The fourth-order valence-electron chi connectivity index (χ4n) is 3.06. The predicted molar refractivity (Wildman–Crippen MR) is 125 cm³/mol. The molecule has 0 saturated heterocycles. The standard InChI is InChI=1S/C26H42O5/c1-19(2)12-8-10-14-24(27)29-22-17-16-21(31-26(5,6)7)18-23(22)30-25(28)15-11-9-13-20(3)4/h16-20H,8-15H2,1-7H3. The number of ether oxygens (including phenoxy) is 3. The molecule has 0 aromatic heterocycles. The van der Waals surface area contributed by atoms with E-state index in [1.165, 1.54) is 0 Å². The minimum atomic E-state index is -0.396. The lowest BCUT2D eigenvalue weighted by Gasteiger charge is -2.22. The molecule has 0 fully saturated rings. The van der Waals surface area contributed by atoms with Gasteiger partial charge in [0.1, 0.15) is 11.4 Å². The van der Waals surface area contributed by atoms with Crippen LogP contribution in [-0.4, -0.2) is 17.5 Å². The van der Waals surface area contributed by atoms with Crippen molar-refractivity contribution in [2.24, 2.45) is 11.8 Å². The average Bonchev–Trinajstić information content (AvgIpc) is 2.63. The molecule has 0 aliphatic carbocycles. The summed E-state index contributed by atoms with van der Waals surface area (Å²) in [5.74, 6) is 1.64. The third kappa shape index (κ3) is 13.1. The minimum Gasteiger partial charge on any atom is -0.488 e. The molecule has 0 N–H and O–H groups in total. The number of benzene rings is 1. The van der Waals surface area contributed by atoms with Crippen LogP contribution in [0.2, 0.25) is 0 Å². The number of esters is 2. The van der Waals surface area contributed by atoms with Gasteiger partial charge < -0.3 is 14.2 Å². The van der Waals surface area contributed by atoms with Crippen LogP contribution in [0.3, 0.4) is 0 Å². The van der Waals surface area contributed by atoms with E-state index in [1.54, 1.807) is 18.2 Å². The van der Waals surface area contributed by atoms with Gasteiger partial charge in [-0.25, -0.2) is 0 Å². The second-order valence-electron chi connectivity index (χ2n) is 10.1. The molecule has 1 rings (SSSR count). The Labute approximate surface area is 188 Å². The van der Waals surface area contributed by atoms with Crippen LogP contribution in [-0.2, 0) is 9.59 Å². The number of hydrogen-bond acceptors (Lipinski definition) is 5. The first-order chi connectivity index (χ1) is 14.5. The van der Waals surface area contributed by atoms with E-state index in [4.69, 9.17) is 14.2 Å². The van der Waals surface area contributed by atoms with Gasteiger partial charge in [0.15, 0.2) is 11.5 Å². The molecule has 0 bridgehead atoms. The Kier molecular flexibility index (Phi) is 11.7. The van der Waals surface area contributed by atoms with E-state index in [9.17, 15) is 9.59 Å². The van der Waals surface area contributed by atoms with Crippen LogP contribution in [0, 0.1) is 11.8 Å². The normalized spacial score (nSPS) is 11.6. The molecule has 0 unspecified atom stereocenters. The van der Waals surface area contributed by atoms with Gasteiger partial charge in [0.2, 0.25) is 0 Å². The zero-order chi connectivity index (χ0) is 23.4. The summed E-state index contributed by atoms with van der Waals surface area (Å²) in [4.78, 5) is 24.7. The summed E-state index contributed by atoms with van der Waals surface area (Å²) in [5, 5.41) is 0. The van der Waals surface area contributed by atoms with Crippen LogP contribution >= 0.6 is 0 Å². The van der Waals surface area contributed by atoms with E-state index < -0.39 is 5.60 Å². The van der Waals surface area contributed by atoms with Crippen LogP contribution in [0.4, 0.5) is 0 Å². The molecule has 5 nitrogen and oxygen atoms in total. The second-order valence-corrected chi connectivity index (χ2v) is 10.1. The molecule has 0 spiro atoms. The van der Waals surface area contributed by atoms with E-state index in [2.05, 4.69) is 27.7 Å². The lowest BCUT2D eigenvalue weighted by atomic mass is 10.1. The van der Waals surface area contributed by atoms with Crippen LogP contribution in [0.25, 0.3) is 0 Å². The lowest BCUT2D eigenvalue weighted by molar-refractivity contribution is -0.137. The van der Waals surface area contributed by atoms with Gasteiger partial charge in [0.05, 0.1) is 0 Å². The summed E-state index contributed by atoms with van der Waals surface area (Å²) in [5.41, 5.74) is -0.396. The van der Waals surface area contributed by atoms with Crippen LogP contribution < -0.4 is 14.2 Å². The fraction of sp³-hybridized carbons (Fsp3) is 0.692. The highest BCUT2D eigenvalue weighted by atomic mass is 16.6. The van der Waals surface area contributed by atoms with Crippen molar-refractivity contribution in [1.82, 2.24) is 0 Å². The van der Waals surface area contributed by atoms with Crippen LogP contribution in [0.15, 0.2) is 18.2 Å². The third-order valence-electron chi connectivity index (χ3n) is 4.61. The summed E-state index contributed by atoms with van der Waals surface area (Å²) < 4.78 is 17.0. The zero-order valence-corrected chi connectivity index (χ0v) is 20.6. The Bertz CT molecular complexity index is 686. The Morgan fingerprint density at radius 3 is 1.71 bits per heavy atom. The zero-order valence-electron chi connectivity index (χ0n) is 20.6. The average molecular weight is 435 g/mol. The van der Waals surface area contributed by atoms with E-state index in [-0.39, 0.29) is 23.4 Å². The van der Waals surface area contributed by atoms with Crippen molar-refractivity contribution in [3.63, 3.8) is 0 Å². The predicted octanol–water partition coefficient (Wildman–Crippen LogP) is 7.11. The molecule has 0 amide bonds. The summed E-state index contributed by atoms with van der Waals surface area (Å²) in [6, 6.07) is 4.99. The highest BCUT2D eigenvalue weighted by Crippen LogP contribution is 2.34. The minimum absolute atomic E-state index is 0.228. The van der Waals surface area contributed by atoms with E-state index in [1.807, 2.05) is 20.8 Å². The second kappa shape index (κ2) is 13.4. The van der Waals surface area contributed by atoms with Crippen molar-refractivity contribution >= 4 is 11.9 Å². The Hall–Kier alpha value is -2.04. The first-order valence-electron chi connectivity index (χ1n) is 11.7. The summed E-state index contributed by atoms with van der Waals surface area (Å²) in [6.45, 7) is 14.5. The smallest absolute Gasteiger partial charge is 0.311 e. The summed E-state index contributed by atoms with van der Waals surface area (Å²) >= 11 is 0. The van der Waals surface area contributed by atoms with Gasteiger partial charge in [-0.05, 0) is 57.6 Å². The number of rotatable bonds is 13. The summed E-state index contributed by atoms with van der Waals surface area (Å²) in [6.07, 6.45) is 6.39. The van der Waals surface area contributed by atoms with Gasteiger partial charge in [0, 0.05) is 18.9 Å². The molecule has 5 heteroatoms. The summed E-state index contributed by atoms with van der Waals surface area (Å²) in [7, 11) is 0. The van der Waals surface area contributed by atoms with Gasteiger partial charge in [-0.1, -0.05) is 53.4 Å². The third-order valence-corrected chi connectivity index (χ3v) is 4.61. The molecule has 0 heterocycles. The molecule has 1 aromatic rings. The maximum absolute atomic E-state index is 12.4. The van der Waals surface area contributed by atoms with Gasteiger partial charge in [-0.2, -0.15) is 0 Å². The van der Waals surface area contributed by atoms with Gasteiger partial charge in [0.25, 0.3) is 0 Å². The van der Waals surface area contributed by atoms with Crippen molar-refractivity contribution in [3.8, 4) is 17.2 Å². The quantitative estimate of drug-likeness (QED) is 0.188. The molecule has 0 atom stereocenters. The Morgan fingerprint density at radius 1 is 0.774 bits per heavy atom. The Morgan fingerprint density at radius 2 is 1.26 bits per heavy atom.